The molecule has 6 heteroatoms. The molecule has 3 heterocycles. The van der Waals surface area contributed by atoms with Gasteiger partial charge in [0, 0.05) is 24.0 Å². The predicted octanol–water partition coefficient (Wildman–Crippen LogP) is 3.82. The van der Waals surface area contributed by atoms with Crippen LogP contribution in [-0.2, 0) is 6.54 Å². The van der Waals surface area contributed by atoms with E-state index in [1.54, 1.807) is 7.11 Å². The molecule has 0 bridgehead atoms. The van der Waals surface area contributed by atoms with Gasteiger partial charge in [0.05, 0.1) is 12.5 Å². The van der Waals surface area contributed by atoms with E-state index >= 15 is 0 Å². The Morgan fingerprint density at radius 3 is 2.46 bits per heavy atom. The number of pyridine rings is 1. The maximum absolute atomic E-state index is 5.21. The Morgan fingerprint density at radius 2 is 1.73 bits per heavy atom. The van der Waals surface area contributed by atoms with Gasteiger partial charge in [0.1, 0.15) is 11.6 Å². The van der Waals surface area contributed by atoms with Crippen molar-refractivity contribution in [1.82, 2.24) is 19.6 Å². The van der Waals surface area contributed by atoms with E-state index in [1.807, 2.05) is 48.7 Å². The highest BCUT2D eigenvalue weighted by molar-refractivity contribution is 5.93. The van der Waals surface area contributed by atoms with Crippen molar-refractivity contribution in [3.05, 3.63) is 58.9 Å². The van der Waals surface area contributed by atoms with Crippen molar-refractivity contribution in [2.24, 2.45) is 0 Å². The Hall–Kier alpha value is -3.15. The number of anilines is 1. The Labute approximate surface area is 151 Å². The van der Waals surface area contributed by atoms with Crippen molar-refractivity contribution in [3.8, 4) is 5.75 Å². The number of rotatable bonds is 4. The molecule has 1 aromatic carbocycles. The average Bonchev–Trinajstić information content (AvgIpc) is 2.98. The molecule has 1 N–H and O–H groups in total. The minimum absolute atomic E-state index is 0.685. The van der Waals surface area contributed by atoms with Crippen molar-refractivity contribution in [1.29, 1.82) is 0 Å². The van der Waals surface area contributed by atoms with Crippen LogP contribution in [0, 0.1) is 20.8 Å². The van der Waals surface area contributed by atoms with E-state index in [1.165, 1.54) is 0 Å². The molecule has 0 amide bonds. The van der Waals surface area contributed by atoms with E-state index in [0.717, 1.165) is 50.8 Å². The van der Waals surface area contributed by atoms with Gasteiger partial charge in [0.2, 0.25) is 0 Å². The molecule has 0 spiro atoms. The zero-order chi connectivity index (χ0) is 18.3. The lowest BCUT2D eigenvalue weighted by atomic mass is 10.2. The first-order chi connectivity index (χ1) is 12.5. The molecule has 132 valence electrons. The fourth-order valence-electron chi connectivity index (χ4n) is 3.21. The first kappa shape index (κ1) is 16.3. The molecule has 4 aromatic rings. The monoisotopic (exact) mass is 347 g/mol. The molecule has 4 rings (SSSR count). The third-order valence-corrected chi connectivity index (χ3v) is 4.43. The van der Waals surface area contributed by atoms with Crippen molar-refractivity contribution in [2.75, 3.05) is 12.4 Å². The molecule has 0 unspecified atom stereocenters. The summed E-state index contributed by atoms with van der Waals surface area (Å²) in [5.74, 6) is 1.75. The number of hydrogen-bond acceptors (Lipinski definition) is 5. The normalized spacial score (nSPS) is 11.2. The van der Waals surface area contributed by atoms with Crippen LogP contribution in [0.4, 0.5) is 5.82 Å². The first-order valence-corrected chi connectivity index (χ1v) is 8.56. The minimum atomic E-state index is 0.685. The summed E-state index contributed by atoms with van der Waals surface area (Å²) >= 11 is 0. The Kier molecular flexibility index (Phi) is 3.95. The van der Waals surface area contributed by atoms with Gasteiger partial charge >= 0.3 is 0 Å². The highest BCUT2D eigenvalue weighted by Gasteiger charge is 2.14. The van der Waals surface area contributed by atoms with Crippen molar-refractivity contribution in [3.63, 3.8) is 0 Å². The number of ether oxygens (including phenoxy) is 1. The van der Waals surface area contributed by atoms with Crippen LogP contribution < -0.4 is 10.1 Å². The van der Waals surface area contributed by atoms with E-state index in [2.05, 4.69) is 28.4 Å². The predicted molar refractivity (Wildman–Crippen MR) is 103 cm³/mol. The van der Waals surface area contributed by atoms with Crippen molar-refractivity contribution < 1.29 is 4.74 Å². The quantitative estimate of drug-likeness (QED) is 0.608. The lowest BCUT2D eigenvalue weighted by Gasteiger charge is -2.10. The van der Waals surface area contributed by atoms with Gasteiger partial charge in [-0.05, 0) is 50.1 Å². The lowest BCUT2D eigenvalue weighted by Crippen LogP contribution is -2.06. The summed E-state index contributed by atoms with van der Waals surface area (Å²) in [5.41, 5.74) is 5.77. The van der Waals surface area contributed by atoms with E-state index < -0.39 is 0 Å². The van der Waals surface area contributed by atoms with Crippen molar-refractivity contribution in [2.45, 2.75) is 27.3 Å². The molecular weight excluding hydrogens is 326 g/mol. The van der Waals surface area contributed by atoms with E-state index in [0.29, 0.717) is 6.54 Å². The second-order valence-corrected chi connectivity index (χ2v) is 6.50. The molecule has 0 radical (unpaired) electrons. The zero-order valence-electron chi connectivity index (χ0n) is 15.4. The summed E-state index contributed by atoms with van der Waals surface area (Å²) in [7, 11) is 1.67. The fraction of sp³-hybridized carbons (Fsp3) is 0.250. The second kappa shape index (κ2) is 6.29. The second-order valence-electron chi connectivity index (χ2n) is 6.50. The standard InChI is InChI=1S/C20H21N5O/c1-12-9-13(2)22-19-18(12)20-23-14(3)10-17(25(20)24-19)21-11-15-5-7-16(26-4)8-6-15/h5-10,21H,11H2,1-4H3. The summed E-state index contributed by atoms with van der Waals surface area (Å²) in [4.78, 5) is 9.26. The van der Waals surface area contributed by atoms with Gasteiger partial charge in [-0.1, -0.05) is 12.1 Å². The highest BCUT2D eigenvalue weighted by Crippen LogP contribution is 2.25. The number of methoxy groups -OCH3 is 1. The van der Waals surface area contributed by atoms with Crippen LogP contribution >= 0.6 is 0 Å². The summed E-state index contributed by atoms with van der Waals surface area (Å²) < 4.78 is 7.06. The van der Waals surface area contributed by atoms with Crippen LogP contribution in [0.1, 0.15) is 22.5 Å². The zero-order valence-corrected chi connectivity index (χ0v) is 15.4. The summed E-state index contributed by atoms with van der Waals surface area (Å²) in [6.07, 6.45) is 0. The maximum atomic E-state index is 5.21. The Morgan fingerprint density at radius 1 is 1.00 bits per heavy atom. The molecule has 0 aliphatic rings. The molecule has 3 aromatic heterocycles. The Bertz CT molecular complexity index is 1100. The van der Waals surface area contributed by atoms with Crippen LogP contribution in [0.15, 0.2) is 36.4 Å². The van der Waals surface area contributed by atoms with Gasteiger partial charge in [-0.3, -0.25) is 0 Å². The molecule has 0 saturated heterocycles. The molecule has 6 nitrogen and oxygen atoms in total. The van der Waals surface area contributed by atoms with E-state index in [4.69, 9.17) is 9.72 Å². The number of benzene rings is 1. The number of fused-ring (bicyclic) bond motifs is 3. The van der Waals surface area contributed by atoms with E-state index in [-0.39, 0.29) is 0 Å². The van der Waals surface area contributed by atoms with Crippen LogP contribution in [0.25, 0.3) is 16.7 Å². The number of aromatic nitrogens is 4. The third-order valence-electron chi connectivity index (χ3n) is 4.43. The Balaban J connectivity index is 1.75. The van der Waals surface area contributed by atoms with E-state index in [9.17, 15) is 0 Å². The number of hydrogen-bond donors (Lipinski definition) is 1. The molecule has 26 heavy (non-hydrogen) atoms. The maximum Gasteiger partial charge on any atom is 0.184 e. The largest absolute Gasteiger partial charge is 0.497 e. The number of aryl methyl sites for hydroxylation is 3. The SMILES string of the molecule is COc1ccc(CNc2cc(C)nc3c4c(C)cc(C)nc4nn23)cc1. The number of nitrogens with one attached hydrogen (secondary N) is 1. The summed E-state index contributed by atoms with van der Waals surface area (Å²) in [5, 5.41) is 9.15. The average molecular weight is 347 g/mol. The molecular formula is C20H21N5O. The first-order valence-electron chi connectivity index (χ1n) is 8.56. The molecule has 0 aliphatic heterocycles. The summed E-state index contributed by atoms with van der Waals surface area (Å²) in [6, 6.07) is 12.1. The van der Waals surface area contributed by atoms with Crippen molar-refractivity contribution >= 4 is 22.5 Å². The van der Waals surface area contributed by atoms with Gasteiger partial charge in [-0.2, -0.15) is 4.52 Å². The van der Waals surface area contributed by atoms with Crippen LogP contribution in [0.3, 0.4) is 0 Å². The van der Waals surface area contributed by atoms with Crippen LogP contribution in [-0.4, -0.2) is 26.7 Å². The van der Waals surface area contributed by atoms with Gasteiger partial charge in [0.25, 0.3) is 0 Å². The van der Waals surface area contributed by atoms with Crippen LogP contribution in [0.5, 0.6) is 5.75 Å². The van der Waals surface area contributed by atoms with Gasteiger partial charge in [-0.25, -0.2) is 9.97 Å². The third kappa shape index (κ3) is 2.83. The molecule has 0 fully saturated rings. The summed E-state index contributed by atoms with van der Waals surface area (Å²) in [6.45, 7) is 6.74. The fourth-order valence-corrected chi connectivity index (χ4v) is 3.21. The van der Waals surface area contributed by atoms with Crippen LogP contribution in [0.2, 0.25) is 0 Å². The van der Waals surface area contributed by atoms with Gasteiger partial charge < -0.3 is 10.1 Å². The smallest absolute Gasteiger partial charge is 0.184 e. The lowest BCUT2D eigenvalue weighted by molar-refractivity contribution is 0.414. The number of nitrogens with zero attached hydrogens (tertiary/aromatic N) is 4. The van der Waals surface area contributed by atoms with Gasteiger partial charge in [-0.15, -0.1) is 5.10 Å². The molecule has 0 atom stereocenters. The highest BCUT2D eigenvalue weighted by atomic mass is 16.5. The topological polar surface area (TPSA) is 64.3 Å². The minimum Gasteiger partial charge on any atom is -0.497 e. The molecule has 0 aliphatic carbocycles. The van der Waals surface area contributed by atoms with Gasteiger partial charge in [0.15, 0.2) is 11.3 Å². The molecule has 0 saturated carbocycles.